The summed E-state index contributed by atoms with van der Waals surface area (Å²) >= 11 is 1.22. The van der Waals surface area contributed by atoms with E-state index in [4.69, 9.17) is 0 Å². The van der Waals surface area contributed by atoms with Gasteiger partial charge in [-0.25, -0.2) is 9.37 Å². The first-order valence-corrected chi connectivity index (χ1v) is 12.7. The first-order chi connectivity index (χ1) is 17.8. The molecule has 3 heterocycles. The Morgan fingerprint density at radius 1 is 1.16 bits per heavy atom. The van der Waals surface area contributed by atoms with Crippen LogP contribution in [-0.4, -0.2) is 52.1 Å². The molecule has 0 bridgehead atoms. The smallest absolute Gasteiger partial charge is 0.268 e. The van der Waals surface area contributed by atoms with Gasteiger partial charge in [0.1, 0.15) is 17.6 Å². The summed E-state index contributed by atoms with van der Waals surface area (Å²) in [5, 5.41) is 8.54. The van der Waals surface area contributed by atoms with E-state index in [1.807, 2.05) is 18.2 Å². The molecule has 9 nitrogen and oxygen atoms in total. The van der Waals surface area contributed by atoms with Crippen LogP contribution in [0.2, 0.25) is 0 Å². The van der Waals surface area contributed by atoms with Crippen LogP contribution in [0.1, 0.15) is 40.1 Å². The van der Waals surface area contributed by atoms with Crippen LogP contribution in [0.15, 0.2) is 48.5 Å². The molecule has 1 unspecified atom stereocenters. The molecule has 1 saturated heterocycles. The molecule has 1 aliphatic rings. The number of amides is 3. The summed E-state index contributed by atoms with van der Waals surface area (Å²) in [5.74, 6) is -2.63. The molecule has 2 aromatic heterocycles. The van der Waals surface area contributed by atoms with Gasteiger partial charge in [-0.3, -0.25) is 19.2 Å². The molecule has 190 valence electrons. The first-order valence-electron chi connectivity index (χ1n) is 11.9. The maximum absolute atomic E-state index is 14.0. The minimum absolute atomic E-state index is 0.101. The summed E-state index contributed by atoms with van der Waals surface area (Å²) in [6.07, 6.45) is 0.676. The van der Waals surface area contributed by atoms with E-state index < -0.39 is 35.6 Å². The van der Waals surface area contributed by atoms with Crippen molar-refractivity contribution in [3.05, 3.63) is 65.0 Å². The van der Waals surface area contributed by atoms with Crippen molar-refractivity contribution in [3.8, 4) is 0 Å². The number of nitrogens with zero attached hydrogens (tertiary/aromatic N) is 1. The molecule has 1 fully saturated rings. The van der Waals surface area contributed by atoms with Crippen LogP contribution in [0.25, 0.3) is 21.1 Å². The highest BCUT2D eigenvalue weighted by molar-refractivity contribution is 7.20. The number of nitrogens with one attached hydrogen (secondary N) is 4. The molecule has 0 aliphatic carbocycles. The van der Waals surface area contributed by atoms with Crippen molar-refractivity contribution in [2.75, 3.05) is 6.54 Å². The summed E-state index contributed by atoms with van der Waals surface area (Å²) in [7, 11) is 0. The van der Waals surface area contributed by atoms with Gasteiger partial charge in [0.05, 0.1) is 16.3 Å². The second kappa shape index (κ2) is 10.1. The molecule has 4 N–H and O–H groups in total. The van der Waals surface area contributed by atoms with Crippen LogP contribution < -0.4 is 16.0 Å². The van der Waals surface area contributed by atoms with Crippen molar-refractivity contribution in [3.63, 3.8) is 0 Å². The van der Waals surface area contributed by atoms with Crippen LogP contribution in [0.3, 0.4) is 0 Å². The lowest BCUT2D eigenvalue weighted by molar-refractivity contribution is -0.125. The van der Waals surface area contributed by atoms with Gasteiger partial charge in [-0.1, -0.05) is 18.2 Å². The number of fused-ring (bicyclic) bond motifs is 2. The molecular weight excluding hydrogens is 497 g/mol. The average Bonchev–Trinajstić information content (AvgIpc) is 3.61. The van der Waals surface area contributed by atoms with E-state index >= 15 is 0 Å². The Labute approximate surface area is 214 Å². The minimum atomic E-state index is -1.01. The zero-order valence-corrected chi connectivity index (χ0v) is 20.7. The lowest BCUT2D eigenvalue weighted by atomic mass is 9.95. The fourth-order valence-electron chi connectivity index (χ4n) is 4.39. The van der Waals surface area contributed by atoms with Crippen molar-refractivity contribution in [2.24, 2.45) is 5.92 Å². The van der Waals surface area contributed by atoms with Gasteiger partial charge in [-0.05, 0) is 50.1 Å². The van der Waals surface area contributed by atoms with Gasteiger partial charge in [0, 0.05) is 23.4 Å². The number of Topliss-reactive ketones (excluding diaryl/α,β-unsaturated/α-hetero) is 1. The zero-order valence-electron chi connectivity index (χ0n) is 19.8. The summed E-state index contributed by atoms with van der Waals surface area (Å²) in [4.78, 5) is 58.6. The third-order valence-corrected chi connectivity index (χ3v) is 7.47. The van der Waals surface area contributed by atoms with E-state index in [9.17, 15) is 23.6 Å². The van der Waals surface area contributed by atoms with E-state index in [1.54, 1.807) is 12.1 Å². The minimum Gasteiger partial charge on any atom is -0.356 e. The molecule has 4 aromatic rings. The number of H-pyrrole nitrogens is 1. The number of rotatable bonds is 8. The standard InChI is InChI=1S/C26H24FN5O4S/c1-13(29-25(36)20-12-15-16(27)5-4-7-17(15)30-20)23(34)31-19(11-14-9-10-28-24(14)35)22(33)26-32-18-6-2-3-8-21(18)37-26/h2-8,12-14,19,30H,9-11H2,1H3,(H,28,35)(H,29,36)(H,31,34)/t13-,14?,19-/m0/s1. The van der Waals surface area contributed by atoms with Crippen LogP contribution in [0.4, 0.5) is 4.39 Å². The van der Waals surface area contributed by atoms with Gasteiger partial charge in [-0.2, -0.15) is 0 Å². The van der Waals surface area contributed by atoms with Gasteiger partial charge in [0.15, 0.2) is 5.01 Å². The molecule has 11 heteroatoms. The zero-order chi connectivity index (χ0) is 26.1. The van der Waals surface area contributed by atoms with E-state index in [2.05, 4.69) is 25.9 Å². The molecule has 3 amide bonds. The summed E-state index contributed by atoms with van der Waals surface area (Å²) < 4.78 is 14.8. The van der Waals surface area contributed by atoms with E-state index in [0.29, 0.717) is 24.0 Å². The molecule has 0 saturated carbocycles. The Hall–Kier alpha value is -4.12. The number of aromatic nitrogens is 2. The Morgan fingerprint density at radius 3 is 2.70 bits per heavy atom. The normalized spacial score (nSPS) is 16.9. The molecule has 0 radical (unpaired) electrons. The van der Waals surface area contributed by atoms with Crippen molar-refractivity contribution in [1.29, 1.82) is 0 Å². The highest BCUT2D eigenvalue weighted by atomic mass is 32.1. The van der Waals surface area contributed by atoms with Gasteiger partial charge in [-0.15, -0.1) is 11.3 Å². The number of hydrogen-bond acceptors (Lipinski definition) is 6. The van der Waals surface area contributed by atoms with Gasteiger partial charge >= 0.3 is 0 Å². The monoisotopic (exact) mass is 521 g/mol. The van der Waals surface area contributed by atoms with E-state index in [-0.39, 0.29) is 34.2 Å². The SMILES string of the molecule is C[C@H](NC(=O)c1cc2c(F)cccc2[nH]1)C(=O)N[C@@H](CC1CCNC1=O)C(=O)c1nc2ccccc2s1. The molecule has 2 aromatic carbocycles. The molecule has 1 aliphatic heterocycles. The highest BCUT2D eigenvalue weighted by Gasteiger charge is 2.34. The Kier molecular flexibility index (Phi) is 6.70. The number of para-hydroxylation sites is 1. The first kappa shape index (κ1) is 24.6. The summed E-state index contributed by atoms with van der Waals surface area (Å²) in [5.41, 5.74) is 1.23. The summed E-state index contributed by atoms with van der Waals surface area (Å²) in [6, 6.07) is 11.2. The van der Waals surface area contributed by atoms with E-state index in [0.717, 1.165) is 4.70 Å². The second-order valence-corrected chi connectivity index (χ2v) is 10.0. The Bertz CT molecular complexity index is 1500. The highest BCUT2D eigenvalue weighted by Crippen LogP contribution is 2.25. The quantitative estimate of drug-likeness (QED) is 0.265. The number of benzene rings is 2. The maximum atomic E-state index is 14.0. The third kappa shape index (κ3) is 5.08. The average molecular weight is 522 g/mol. The Morgan fingerprint density at radius 2 is 1.97 bits per heavy atom. The topological polar surface area (TPSA) is 133 Å². The number of hydrogen-bond donors (Lipinski definition) is 4. The van der Waals surface area contributed by atoms with Crippen molar-refractivity contribution >= 4 is 56.0 Å². The Balaban J connectivity index is 1.31. The number of carbonyl (C=O) groups excluding carboxylic acids is 4. The van der Waals surface area contributed by atoms with E-state index in [1.165, 1.54) is 36.5 Å². The second-order valence-electron chi connectivity index (χ2n) is 9.00. The van der Waals surface area contributed by atoms with Crippen LogP contribution >= 0.6 is 11.3 Å². The number of halogens is 1. The van der Waals surface area contributed by atoms with Crippen molar-refractivity contribution in [1.82, 2.24) is 25.9 Å². The molecule has 37 heavy (non-hydrogen) atoms. The van der Waals surface area contributed by atoms with Crippen molar-refractivity contribution < 1.29 is 23.6 Å². The molecular formula is C26H24FN5O4S. The third-order valence-electron chi connectivity index (χ3n) is 6.42. The number of ketones is 1. The fraction of sp³-hybridized carbons (Fsp3) is 0.269. The molecule has 5 rings (SSSR count). The maximum Gasteiger partial charge on any atom is 0.268 e. The van der Waals surface area contributed by atoms with Gasteiger partial charge in [0.25, 0.3) is 5.91 Å². The lowest BCUT2D eigenvalue weighted by Crippen LogP contribution is -2.51. The largest absolute Gasteiger partial charge is 0.356 e. The summed E-state index contributed by atoms with van der Waals surface area (Å²) in [6.45, 7) is 2.00. The molecule has 0 spiro atoms. The van der Waals surface area contributed by atoms with Crippen molar-refractivity contribution in [2.45, 2.75) is 31.8 Å². The predicted molar refractivity (Wildman–Crippen MR) is 137 cm³/mol. The lowest BCUT2D eigenvalue weighted by Gasteiger charge is -2.21. The number of carbonyl (C=O) groups is 4. The van der Waals surface area contributed by atoms with Gasteiger partial charge in [0.2, 0.25) is 17.6 Å². The van der Waals surface area contributed by atoms with Crippen LogP contribution in [0, 0.1) is 11.7 Å². The van der Waals surface area contributed by atoms with Gasteiger partial charge < -0.3 is 20.9 Å². The number of aromatic amines is 1. The fourth-order valence-corrected chi connectivity index (χ4v) is 5.35. The van der Waals surface area contributed by atoms with Crippen LogP contribution in [0.5, 0.6) is 0 Å². The van der Waals surface area contributed by atoms with Crippen LogP contribution in [-0.2, 0) is 9.59 Å². The molecule has 3 atom stereocenters. The number of thiazole rings is 1. The predicted octanol–water partition coefficient (Wildman–Crippen LogP) is 2.93.